The average molecular weight is 327 g/mol. The van der Waals surface area contributed by atoms with Crippen LogP contribution in [0.2, 0.25) is 5.02 Å². The Hall–Kier alpha value is -0.100. The summed E-state index contributed by atoms with van der Waals surface area (Å²) in [7, 11) is -3.44. The zero-order valence-corrected chi connectivity index (χ0v) is 11.9. The summed E-state index contributed by atoms with van der Waals surface area (Å²) in [4.78, 5) is 0.233. The van der Waals surface area contributed by atoms with Gasteiger partial charge in [0, 0.05) is 16.4 Å². The lowest BCUT2D eigenvalue weighted by Gasteiger charge is -2.14. The van der Waals surface area contributed by atoms with Crippen LogP contribution in [0.25, 0.3) is 0 Å². The first kappa shape index (κ1) is 14.0. The molecule has 3 nitrogen and oxygen atoms in total. The van der Waals surface area contributed by atoms with Crippen molar-refractivity contribution in [2.45, 2.75) is 24.3 Å². The summed E-state index contributed by atoms with van der Waals surface area (Å²) in [5.74, 6) is 0. The third-order valence-electron chi connectivity index (χ3n) is 2.12. The molecule has 0 fully saturated rings. The van der Waals surface area contributed by atoms with Crippen LogP contribution in [-0.2, 0) is 10.0 Å². The molecule has 0 amide bonds. The summed E-state index contributed by atoms with van der Waals surface area (Å²) in [6.45, 7) is 1.93. The minimum absolute atomic E-state index is 0.0966. The molecule has 0 aromatic heterocycles. The van der Waals surface area contributed by atoms with E-state index in [0.29, 0.717) is 10.4 Å². The summed E-state index contributed by atoms with van der Waals surface area (Å²) in [5, 5.41) is 1.11. The summed E-state index contributed by atoms with van der Waals surface area (Å²) >= 11 is 8.96. The van der Waals surface area contributed by atoms with Gasteiger partial charge in [-0.2, -0.15) is 0 Å². The number of sulfonamides is 1. The Kier molecular flexibility index (Phi) is 5.24. The molecular formula is C10H13BrClNO2S. The molecule has 0 aliphatic rings. The second-order valence-corrected chi connectivity index (χ2v) is 6.13. The molecule has 1 atom stereocenters. The van der Waals surface area contributed by atoms with Gasteiger partial charge in [-0.15, -0.1) is 0 Å². The summed E-state index contributed by atoms with van der Waals surface area (Å²) in [5.41, 5.74) is 0. The fraction of sp³-hybridized carbons (Fsp3) is 0.400. The third kappa shape index (κ3) is 3.73. The monoisotopic (exact) mass is 325 g/mol. The number of alkyl halides is 1. The maximum absolute atomic E-state index is 11.9. The van der Waals surface area contributed by atoms with E-state index in [4.69, 9.17) is 11.6 Å². The van der Waals surface area contributed by atoms with E-state index in [-0.39, 0.29) is 10.9 Å². The predicted molar refractivity (Wildman–Crippen MR) is 69.6 cm³/mol. The molecule has 1 unspecified atom stereocenters. The van der Waals surface area contributed by atoms with Crippen LogP contribution in [0.5, 0.6) is 0 Å². The molecule has 0 aliphatic carbocycles. The molecule has 0 radical (unpaired) electrons. The molecular weight excluding hydrogens is 314 g/mol. The predicted octanol–water partition coefficient (Wildman–Crippen LogP) is 2.79. The number of hydrogen-bond donors (Lipinski definition) is 1. The van der Waals surface area contributed by atoms with Crippen molar-refractivity contribution in [1.82, 2.24) is 4.72 Å². The van der Waals surface area contributed by atoms with E-state index in [1.165, 1.54) is 12.1 Å². The first-order valence-electron chi connectivity index (χ1n) is 4.83. The lowest BCUT2D eigenvalue weighted by atomic mass is 10.3. The third-order valence-corrected chi connectivity index (χ3v) is 4.69. The normalized spacial score (nSPS) is 13.7. The van der Waals surface area contributed by atoms with E-state index in [1.807, 2.05) is 6.92 Å². The van der Waals surface area contributed by atoms with Crippen molar-refractivity contribution in [1.29, 1.82) is 0 Å². The minimum atomic E-state index is -3.44. The number of hydrogen-bond acceptors (Lipinski definition) is 2. The van der Waals surface area contributed by atoms with Gasteiger partial charge in [-0.3, -0.25) is 0 Å². The molecule has 1 aromatic rings. The first-order chi connectivity index (χ1) is 7.49. The number of nitrogens with one attached hydrogen (secondary N) is 1. The molecule has 6 heteroatoms. The second-order valence-electron chi connectivity index (χ2n) is 3.33. The van der Waals surface area contributed by atoms with Gasteiger partial charge in [0.05, 0.1) is 4.90 Å². The van der Waals surface area contributed by atoms with Gasteiger partial charge in [0.25, 0.3) is 0 Å². The lowest BCUT2D eigenvalue weighted by molar-refractivity contribution is 0.559. The molecule has 0 bridgehead atoms. The molecule has 16 heavy (non-hydrogen) atoms. The van der Waals surface area contributed by atoms with Crippen molar-refractivity contribution in [2.24, 2.45) is 0 Å². The van der Waals surface area contributed by atoms with Gasteiger partial charge in [-0.25, -0.2) is 13.1 Å². The van der Waals surface area contributed by atoms with Gasteiger partial charge in [0.1, 0.15) is 0 Å². The van der Waals surface area contributed by atoms with Gasteiger partial charge in [-0.1, -0.05) is 34.5 Å². The van der Waals surface area contributed by atoms with Crippen LogP contribution in [0.15, 0.2) is 29.2 Å². The van der Waals surface area contributed by atoms with Crippen molar-refractivity contribution in [3.8, 4) is 0 Å². The van der Waals surface area contributed by atoms with Crippen LogP contribution in [0, 0.1) is 0 Å². The quantitative estimate of drug-likeness (QED) is 0.846. The van der Waals surface area contributed by atoms with Crippen LogP contribution >= 0.6 is 27.5 Å². The Morgan fingerprint density at radius 3 is 2.38 bits per heavy atom. The highest BCUT2D eigenvalue weighted by atomic mass is 79.9. The van der Waals surface area contributed by atoms with Gasteiger partial charge in [0.2, 0.25) is 10.0 Å². The molecule has 0 spiro atoms. The molecule has 0 saturated heterocycles. The number of rotatable bonds is 5. The van der Waals surface area contributed by atoms with Crippen LogP contribution in [0.3, 0.4) is 0 Å². The Bertz CT molecular complexity index is 429. The lowest BCUT2D eigenvalue weighted by Crippen LogP contribution is -2.35. The molecule has 0 aliphatic heterocycles. The molecule has 0 heterocycles. The largest absolute Gasteiger partial charge is 0.240 e. The summed E-state index contributed by atoms with van der Waals surface area (Å²) in [6.07, 6.45) is 0.734. The van der Waals surface area contributed by atoms with Crippen molar-refractivity contribution in [2.75, 3.05) is 5.33 Å². The van der Waals surface area contributed by atoms with Crippen LogP contribution < -0.4 is 4.72 Å². The highest BCUT2D eigenvalue weighted by Gasteiger charge is 2.17. The number of benzene rings is 1. The van der Waals surface area contributed by atoms with E-state index in [9.17, 15) is 8.42 Å². The van der Waals surface area contributed by atoms with Crippen molar-refractivity contribution in [3.63, 3.8) is 0 Å². The topological polar surface area (TPSA) is 46.2 Å². The number of halogens is 2. The Balaban J connectivity index is 2.89. The van der Waals surface area contributed by atoms with E-state index >= 15 is 0 Å². The zero-order chi connectivity index (χ0) is 12.2. The Morgan fingerprint density at radius 1 is 1.38 bits per heavy atom. The van der Waals surface area contributed by atoms with Crippen LogP contribution in [0.4, 0.5) is 0 Å². The molecule has 1 rings (SSSR count). The highest BCUT2D eigenvalue weighted by Crippen LogP contribution is 2.14. The van der Waals surface area contributed by atoms with Gasteiger partial charge >= 0.3 is 0 Å². The first-order valence-corrected chi connectivity index (χ1v) is 7.81. The minimum Gasteiger partial charge on any atom is -0.207 e. The molecule has 1 N–H and O–H groups in total. The van der Waals surface area contributed by atoms with Crippen LogP contribution in [-0.4, -0.2) is 19.8 Å². The van der Waals surface area contributed by atoms with E-state index < -0.39 is 10.0 Å². The fourth-order valence-corrected chi connectivity index (χ4v) is 3.40. The van der Waals surface area contributed by atoms with E-state index in [2.05, 4.69) is 20.7 Å². The van der Waals surface area contributed by atoms with Crippen molar-refractivity contribution >= 4 is 37.6 Å². The zero-order valence-electron chi connectivity index (χ0n) is 8.78. The SMILES string of the molecule is CCC(CBr)NS(=O)(=O)c1ccc(Cl)cc1. The summed E-state index contributed by atoms with van der Waals surface area (Å²) in [6, 6.07) is 6.01. The van der Waals surface area contributed by atoms with Crippen LogP contribution in [0.1, 0.15) is 13.3 Å². The smallest absolute Gasteiger partial charge is 0.207 e. The Labute approximate surface area is 109 Å². The molecule has 90 valence electrons. The standard InChI is InChI=1S/C10H13BrClNO2S/c1-2-9(7-11)13-16(14,15)10-5-3-8(12)4-6-10/h3-6,9,13H,2,7H2,1H3. The van der Waals surface area contributed by atoms with Crippen molar-refractivity contribution < 1.29 is 8.42 Å². The Morgan fingerprint density at radius 2 is 1.94 bits per heavy atom. The average Bonchev–Trinajstić information content (AvgIpc) is 2.26. The molecule has 0 saturated carbocycles. The van der Waals surface area contributed by atoms with E-state index in [1.54, 1.807) is 12.1 Å². The highest BCUT2D eigenvalue weighted by molar-refractivity contribution is 9.09. The van der Waals surface area contributed by atoms with E-state index in [0.717, 1.165) is 6.42 Å². The maximum atomic E-state index is 11.9. The second kappa shape index (κ2) is 6.00. The molecule has 1 aromatic carbocycles. The summed E-state index contributed by atoms with van der Waals surface area (Å²) < 4.78 is 26.4. The fourth-order valence-electron chi connectivity index (χ4n) is 1.13. The van der Waals surface area contributed by atoms with Gasteiger partial charge < -0.3 is 0 Å². The van der Waals surface area contributed by atoms with Crippen molar-refractivity contribution in [3.05, 3.63) is 29.3 Å². The van der Waals surface area contributed by atoms with Gasteiger partial charge in [0.15, 0.2) is 0 Å². The maximum Gasteiger partial charge on any atom is 0.240 e. The van der Waals surface area contributed by atoms with Gasteiger partial charge in [-0.05, 0) is 30.7 Å².